The summed E-state index contributed by atoms with van der Waals surface area (Å²) in [4.78, 5) is 29.8. The maximum absolute atomic E-state index is 13.3. The Balaban J connectivity index is 0.00000280. The molecule has 0 aromatic heterocycles. The molecular weight excluding hydrogens is 381 g/mol. The Labute approximate surface area is 173 Å². The molecule has 5 nitrogen and oxygen atoms in total. The lowest BCUT2D eigenvalue weighted by atomic mass is 9.94. The van der Waals surface area contributed by atoms with Crippen LogP contribution in [0.4, 0.5) is 4.39 Å². The van der Waals surface area contributed by atoms with Gasteiger partial charge in [0.1, 0.15) is 5.82 Å². The molecule has 2 aliphatic heterocycles. The average molecular weight is 412 g/mol. The SMILES string of the molecule is CCCN(C(=O)C1CCCN(C(=O)c2ccc(F)cc2)C1)C1CCNCC1.Cl. The van der Waals surface area contributed by atoms with Crippen molar-refractivity contribution in [2.24, 2.45) is 5.92 Å². The number of amides is 2. The van der Waals surface area contributed by atoms with Crippen LogP contribution >= 0.6 is 12.4 Å². The summed E-state index contributed by atoms with van der Waals surface area (Å²) in [5, 5.41) is 3.36. The van der Waals surface area contributed by atoms with E-state index in [1.165, 1.54) is 24.3 Å². The molecule has 7 heteroatoms. The Morgan fingerprint density at radius 1 is 1.18 bits per heavy atom. The molecule has 0 spiro atoms. The highest BCUT2D eigenvalue weighted by Gasteiger charge is 2.34. The van der Waals surface area contributed by atoms with Crippen LogP contribution in [0.25, 0.3) is 0 Å². The van der Waals surface area contributed by atoms with Crippen molar-refractivity contribution in [1.82, 2.24) is 15.1 Å². The standard InChI is InChI=1S/C21H30FN3O2.ClH/c1-2-13-25(19-9-11-23-12-10-19)21(27)17-4-3-14-24(15-17)20(26)16-5-7-18(22)8-6-16;/h5-8,17,19,23H,2-4,9-15H2,1H3;1H. The minimum absolute atomic E-state index is 0. The molecule has 1 N–H and O–H groups in total. The molecule has 3 rings (SSSR count). The lowest BCUT2D eigenvalue weighted by Gasteiger charge is -2.39. The maximum atomic E-state index is 13.3. The first-order chi connectivity index (χ1) is 13.1. The summed E-state index contributed by atoms with van der Waals surface area (Å²) in [5.41, 5.74) is 0.480. The van der Waals surface area contributed by atoms with E-state index in [9.17, 15) is 14.0 Å². The zero-order valence-corrected chi connectivity index (χ0v) is 17.3. The van der Waals surface area contributed by atoms with Crippen LogP contribution in [0.3, 0.4) is 0 Å². The fraction of sp³-hybridized carbons (Fsp3) is 0.619. The van der Waals surface area contributed by atoms with Crippen molar-refractivity contribution in [2.75, 3.05) is 32.7 Å². The topological polar surface area (TPSA) is 52.7 Å². The van der Waals surface area contributed by atoms with E-state index in [-0.39, 0.29) is 36.0 Å². The first kappa shape index (κ1) is 22.6. The number of hydrogen-bond acceptors (Lipinski definition) is 3. The van der Waals surface area contributed by atoms with Crippen LogP contribution in [0.15, 0.2) is 24.3 Å². The van der Waals surface area contributed by atoms with E-state index in [0.29, 0.717) is 24.7 Å². The van der Waals surface area contributed by atoms with Gasteiger partial charge in [0, 0.05) is 31.2 Å². The summed E-state index contributed by atoms with van der Waals surface area (Å²) in [6.07, 6.45) is 4.60. The number of halogens is 2. The van der Waals surface area contributed by atoms with E-state index in [2.05, 4.69) is 17.1 Å². The number of nitrogens with zero attached hydrogens (tertiary/aromatic N) is 2. The zero-order valence-electron chi connectivity index (χ0n) is 16.5. The van der Waals surface area contributed by atoms with Gasteiger partial charge in [-0.2, -0.15) is 0 Å². The van der Waals surface area contributed by atoms with Gasteiger partial charge < -0.3 is 15.1 Å². The Morgan fingerprint density at radius 2 is 1.86 bits per heavy atom. The summed E-state index contributed by atoms with van der Waals surface area (Å²) >= 11 is 0. The molecule has 0 radical (unpaired) electrons. The normalized spacial score (nSPS) is 20.4. The summed E-state index contributed by atoms with van der Waals surface area (Å²) in [6.45, 7) is 5.91. The van der Waals surface area contributed by atoms with Crippen LogP contribution in [-0.4, -0.2) is 60.4 Å². The highest BCUT2D eigenvalue weighted by atomic mass is 35.5. The van der Waals surface area contributed by atoms with Crippen molar-refractivity contribution >= 4 is 24.2 Å². The molecule has 1 unspecified atom stereocenters. The summed E-state index contributed by atoms with van der Waals surface area (Å²) in [5.74, 6) is -0.406. The Bertz CT molecular complexity index is 650. The summed E-state index contributed by atoms with van der Waals surface area (Å²) < 4.78 is 13.1. The third-order valence-electron chi connectivity index (χ3n) is 5.65. The zero-order chi connectivity index (χ0) is 19.2. The van der Waals surface area contributed by atoms with Gasteiger partial charge in [-0.15, -0.1) is 12.4 Å². The molecule has 2 saturated heterocycles. The number of benzene rings is 1. The van der Waals surface area contributed by atoms with Gasteiger partial charge >= 0.3 is 0 Å². The van der Waals surface area contributed by atoms with E-state index in [4.69, 9.17) is 0 Å². The van der Waals surface area contributed by atoms with Gasteiger partial charge in [0.25, 0.3) is 5.91 Å². The Kier molecular flexibility index (Phi) is 8.70. The minimum Gasteiger partial charge on any atom is -0.339 e. The van der Waals surface area contributed by atoms with E-state index < -0.39 is 0 Å². The van der Waals surface area contributed by atoms with Gasteiger partial charge in [0.2, 0.25) is 5.91 Å². The predicted molar refractivity (Wildman–Crippen MR) is 110 cm³/mol. The Morgan fingerprint density at radius 3 is 2.50 bits per heavy atom. The molecule has 0 bridgehead atoms. The summed E-state index contributed by atoms with van der Waals surface area (Å²) in [6, 6.07) is 5.95. The first-order valence-electron chi connectivity index (χ1n) is 10.2. The second-order valence-electron chi connectivity index (χ2n) is 7.61. The number of carbonyl (C=O) groups is 2. The van der Waals surface area contributed by atoms with Crippen LogP contribution < -0.4 is 5.32 Å². The van der Waals surface area contributed by atoms with Crippen LogP contribution in [0, 0.1) is 11.7 Å². The number of likely N-dealkylation sites (tertiary alicyclic amines) is 1. The van der Waals surface area contributed by atoms with Crippen LogP contribution in [-0.2, 0) is 4.79 Å². The molecule has 0 saturated carbocycles. The van der Waals surface area contributed by atoms with Crippen molar-refractivity contribution in [3.05, 3.63) is 35.6 Å². The molecule has 0 aliphatic carbocycles. The molecule has 2 aliphatic rings. The predicted octanol–water partition coefficient (Wildman–Crippen LogP) is 3.09. The highest BCUT2D eigenvalue weighted by Crippen LogP contribution is 2.24. The van der Waals surface area contributed by atoms with Crippen molar-refractivity contribution in [1.29, 1.82) is 0 Å². The van der Waals surface area contributed by atoms with Gasteiger partial charge in [0.05, 0.1) is 5.92 Å². The maximum Gasteiger partial charge on any atom is 0.253 e. The second kappa shape index (κ2) is 10.8. The molecular formula is C21H31ClFN3O2. The largest absolute Gasteiger partial charge is 0.339 e. The van der Waals surface area contributed by atoms with Crippen LogP contribution in [0.1, 0.15) is 49.4 Å². The average Bonchev–Trinajstić information content (AvgIpc) is 2.72. The van der Waals surface area contributed by atoms with E-state index in [0.717, 1.165) is 51.7 Å². The van der Waals surface area contributed by atoms with Crippen molar-refractivity contribution in [3.63, 3.8) is 0 Å². The molecule has 1 aromatic carbocycles. The van der Waals surface area contributed by atoms with Crippen LogP contribution in [0.2, 0.25) is 0 Å². The van der Waals surface area contributed by atoms with Gasteiger partial charge in [0.15, 0.2) is 0 Å². The van der Waals surface area contributed by atoms with Gasteiger partial charge in [-0.1, -0.05) is 6.92 Å². The lowest BCUT2D eigenvalue weighted by molar-refractivity contribution is -0.140. The molecule has 28 heavy (non-hydrogen) atoms. The number of carbonyl (C=O) groups excluding carboxylic acids is 2. The monoisotopic (exact) mass is 411 g/mol. The van der Waals surface area contributed by atoms with Gasteiger partial charge in [-0.25, -0.2) is 4.39 Å². The molecule has 2 amide bonds. The molecule has 1 atom stereocenters. The quantitative estimate of drug-likeness (QED) is 0.810. The number of nitrogens with one attached hydrogen (secondary N) is 1. The second-order valence-corrected chi connectivity index (χ2v) is 7.61. The Hall–Kier alpha value is -1.66. The number of piperidine rings is 2. The third-order valence-corrected chi connectivity index (χ3v) is 5.65. The smallest absolute Gasteiger partial charge is 0.253 e. The fourth-order valence-electron chi connectivity index (χ4n) is 4.20. The molecule has 2 heterocycles. The van der Waals surface area contributed by atoms with Crippen LogP contribution in [0.5, 0.6) is 0 Å². The lowest BCUT2D eigenvalue weighted by Crippen LogP contribution is -2.52. The van der Waals surface area contributed by atoms with Gasteiger partial charge in [-0.3, -0.25) is 9.59 Å². The molecule has 1 aromatic rings. The van der Waals surface area contributed by atoms with E-state index in [1.807, 2.05) is 0 Å². The fourth-order valence-corrected chi connectivity index (χ4v) is 4.20. The highest BCUT2D eigenvalue weighted by molar-refractivity contribution is 5.94. The van der Waals surface area contributed by atoms with Gasteiger partial charge in [-0.05, 0) is 69.5 Å². The summed E-state index contributed by atoms with van der Waals surface area (Å²) in [7, 11) is 0. The van der Waals surface area contributed by atoms with Crippen molar-refractivity contribution in [3.8, 4) is 0 Å². The minimum atomic E-state index is -0.351. The molecule has 156 valence electrons. The number of rotatable bonds is 5. The first-order valence-corrected chi connectivity index (χ1v) is 10.2. The third kappa shape index (κ3) is 5.45. The number of hydrogen-bond donors (Lipinski definition) is 1. The van der Waals surface area contributed by atoms with E-state index in [1.54, 1.807) is 4.90 Å². The van der Waals surface area contributed by atoms with Crippen molar-refractivity contribution < 1.29 is 14.0 Å². The van der Waals surface area contributed by atoms with Crippen molar-refractivity contribution in [2.45, 2.75) is 45.1 Å². The molecule has 2 fully saturated rings. The van der Waals surface area contributed by atoms with E-state index >= 15 is 0 Å².